The molecule has 3 nitrogen and oxygen atoms in total. The molecule has 4 heteroatoms. The van der Waals surface area contributed by atoms with Crippen molar-refractivity contribution in [2.45, 2.75) is 25.4 Å². The average Bonchev–Trinajstić information content (AvgIpc) is 3.16. The second kappa shape index (κ2) is 5.85. The zero-order chi connectivity index (χ0) is 13.9. The van der Waals surface area contributed by atoms with E-state index in [1.807, 2.05) is 0 Å². The van der Waals surface area contributed by atoms with Crippen LogP contribution < -0.4 is 14.8 Å². The minimum absolute atomic E-state index is 0.694. The van der Waals surface area contributed by atoms with Gasteiger partial charge in [-0.25, -0.2) is 0 Å². The first-order chi connectivity index (χ1) is 9.81. The minimum atomic E-state index is 0.694. The Kier molecular flexibility index (Phi) is 3.94. The first-order valence-electron chi connectivity index (χ1n) is 6.84. The molecular formula is C16H19NO2S. The predicted molar refractivity (Wildman–Crippen MR) is 82.7 cm³/mol. The summed E-state index contributed by atoms with van der Waals surface area (Å²) in [6.45, 7) is 0.873. The number of ether oxygens (including phenoxy) is 2. The molecule has 1 N–H and O–H groups in total. The van der Waals surface area contributed by atoms with Gasteiger partial charge in [0.15, 0.2) is 11.5 Å². The van der Waals surface area contributed by atoms with Crippen molar-refractivity contribution in [3.8, 4) is 21.9 Å². The molecule has 1 fully saturated rings. The van der Waals surface area contributed by atoms with E-state index in [2.05, 4.69) is 35.0 Å². The fraction of sp³-hybridized carbons (Fsp3) is 0.375. The third kappa shape index (κ3) is 2.81. The molecule has 1 saturated carbocycles. The van der Waals surface area contributed by atoms with Crippen molar-refractivity contribution in [1.82, 2.24) is 5.32 Å². The molecule has 106 valence electrons. The maximum absolute atomic E-state index is 5.43. The standard InChI is InChI=1S/C16H19NO2S/c1-18-14-8-11(10-17-12-5-6-12)13(9-15(14)19-2)16-4-3-7-20-16/h3-4,7-9,12,17H,5-6,10H2,1-2H3. The third-order valence-corrected chi connectivity index (χ3v) is 4.46. The molecule has 0 aliphatic heterocycles. The van der Waals surface area contributed by atoms with Crippen LogP contribution in [-0.4, -0.2) is 20.3 Å². The summed E-state index contributed by atoms with van der Waals surface area (Å²) in [6, 6.07) is 9.08. The van der Waals surface area contributed by atoms with Crippen molar-refractivity contribution in [2.75, 3.05) is 14.2 Å². The summed E-state index contributed by atoms with van der Waals surface area (Å²) in [6.07, 6.45) is 2.59. The lowest BCUT2D eigenvalue weighted by Gasteiger charge is -2.14. The molecule has 2 aromatic rings. The van der Waals surface area contributed by atoms with Crippen LogP contribution in [0.3, 0.4) is 0 Å². The number of methoxy groups -OCH3 is 2. The number of hydrogen-bond donors (Lipinski definition) is 1. The van der Waals surface area contributed by atoms with E-state index in [9.17, 15) is 0 Å². The van der Waals surface area contributed by atoms with Gasteiger partial charge in [-0.2, -0.15) is 0 Å². The lowest BCUT2D eigenvalue weighted by atomic mass is 10.0. The average molecular weight is 289 g/mol. The summed E-state index contributed by atoms with van der Waals surface area (Å²) in [4.78, 5) is 1.26. The van der Waals surface area contributed by atoms with Gasteiger partial charge in [-0.1, -0.05) is 6.07 Å². The Morgan fingerprint density at radius 2 is 1.95 bits per heavy atom. The van der Waals surface area contributed by atoms with Gasteiger partial charge in [0.05, 0.1) is 14.2 Å². The summed E-state index contributed by atoms with van der Waals surface area (Å²) < 4.78 is 10.8. The molecule has 0 saturated heterocycles. The zero-order valence-electron chi connectivity index (χ0n) is 11.8. The number of rotatable bonds is 6. The van der Waals surface area contributed by atoms with Crippen LogP contribution in [0.1, 0.15) is 18.4 Å². The van der Waals surface area contributed by atoms with E-state index in [0.717, 1.165) is 18.0 Å². The van der Waals surface area contributed by atoms with E-state index in [4.69, 9.17) is 9.47 Å². The molecule has 1 heterocycles. The molecule has 0 radical (unpaired) electrons. The highest BCUT2D eigenvalue weighted by Crippen LogP contribution is 2.37. The molecule has 3 rings (SSSR count). The van der Waals surface area contributed by atoms with Gasteiger partial charge in [0.25, 0.3) is 0 Å². The fourth-order valence-electron chi connectivity index (χ4n) is 2.27. The highest BCUT2D eigenvalue weighted by Gasteiger charge is 2.21. The molecule has 20 heavy (non-hydrogen) atoms. The van der Waals surface area contributed by atoms with Gasteiger partial charge in [0.1, 0.15) is 0 Å². The van der Waals surface area contributed by atoms with E-state index in [-0.39, 0.29) is 0 Å². The Labute approximate surface area is 123 Å². The molecule has 0 unspecified atom stereocenters. The molecule has 0 amide bonds. The van der Waals surface area contributed by atoms with Gasteiger partial charge in [0, 0.05) is 23.0 Å². The van der Waals surface area contributed by atoms with Gasteiger partial charge < -0.3 is 14.8 Å². The summed E-state index contributed by atoms with van der Waals surface area (Å²) in [5.74, 6) is 1.58. The summed E-state index contributed by atoms with van der Waals surface area (Å²) in [5, 5.41) is 5.67. The Hall–Kier alpha value is -1.52. The second-order valence-electron chi connectivity index (χ2n) is 5.00. The monoisotopic (exact) mass is 289 g/mol. The van der Waals surface area contributed by atoms with Crippen molar-refractivity contribution >= 4 is 11.3 Å². The van der Waals surface area contributed by atoms with Crippen LogP contribution in [0.5, 0.6) is 11.5 Å². The lowest BCUT2D eigenvalue weighted by Crippen LogP contribution is -2.16. The quantitative estimate of drug-likeness (QED) is 0.880. The highest BCUT2D eigenvalue weighted by molar-refractivity contribution is 7.13. The summed E-state index contributed by atoms with van der Waals surface area (Å²) in [7, 11) is 3.36. The normalized spacial score (nSPS) is 14.3. The zero-order valence-corrected chi connectivity index (χ0v) is 12.6. The molecule has 1 aromatic heterocycles. The molecule has 1 aliphatic rings. The first-order valence-corrected chi connectivity index (χ1v) is 7.72. The van der Waals surface area contributed by atoms with E-state index in [1.165, 1.54) is 28.8 Å². The Morgan fingerprint density at radius 1 is 1.20 bits per heavy atom. The van der Waals surface area contributed by atoms with E-state index in [0.29, 0.717) is 6.04 Å². The smallest absolute Gasteiger partial charge is 0.161 e. The van der Waals surface area contributed by atoms with Crippen LogP contribution in [-0.2, 0) is 6.54 Å². The van der Waals surface area contributed by atoms with Crippen LogP contribution in [0.25, 0.3) is 10.4 Å². The highest BCUT2D eigenvalue weighted by atomic mass is 32.1. The van der Waals surface area contributed by atoms with Crippen molar-refractivity contribution in [3.05, 3.63) is 35.2 Å². The number of hydrogen-bond acceptors (Lipinski definition) is 4. The van der Waals surface area contributed by atoms with Gasteiger partial charge in [-0.05, 0) is 42.0 Å². The van der Waals surface area contributed by atoms with E-state index < -0.39 is 0 Å². The molecule has 1 aliphatic carbocycles. The minimum Gasteiger partial charge on any atom is -0.493 e. The van der Waals surface area contributed by atoms with Gasteiger partial charge in [-0.15, -0.1) is 11.3 Å². The van der Waals surface area contributed by atoms with Crippen LogP contribution in [0, 0.1) is 0 Å². The maximum Gasteiger partial charge on any atom is 0.161 e. The number of benzene rings is 1. The van der Waals surface area contributed by atoms with Crippen LogP contribution in [0.4, 0.5) is 0 Å². The molecule has 1 aromatic carbocycles. The van der Waals surface area contributed by atoms with Crippen molar-refractivity contribution < 1.29 is 9.47 Å². The topological polar surface area (TPSA) is 30.5 Å². The third-order valence-electron chi connectivity index (χ3n) is 3.55. The largest absolute Gasteiger partial charge is 0.493 e. The first kappa shape index (κ1) is 13.5. The number of nitrogens with one attached hydrogen (secondary N) is 1. The summed E-state index contributed by atoms with van der Waals surface area (Å²) in [5.41, 5.74) is 2.49. The lowest BCUT2D eigenvalue weighted by molar-refractivity contribution is 0.354. The second-order valence-corrected chi connectivity index (χ2v) is 5.94. The van der Waals surface area contributed by atoms with Crippen molar-refractivity contribution in [2.24, 2.45) is 0 Å². The molecule has 0 spiro atoms. The Morgan fingerprint density at radius 3 is 2.55 bits per heavy atom. The fourth-order valence-corrected chi connectivity index (χ4v) is 3.05. The van der Waals surface area contributed by atoms with Crippen LogP contribution >= 0.6 is 11.3 Å². The summed E-state index contributed by atoms with van der Waals surface area (Å²) >= 11 is 1.75. The van der Waals surface area contributed by atoms with Gasteiger partial charge in [-0.3, -0.25) is 0 Å². The van der Waals surface area contributed by atoms with Gasteiger partial charge in [0.2, 0.25) is 0 Å². The molecule has 0 atom stereocenters. The number of thiophene rings is 1. The predicted octanol–water partition coefficient (Wildman–Crippen LogP) is 3.68. The van der Waals surface area contributed by atoms with E-state index >= 15 is 0 Å². The molecule has 0 bridgehead atoms. The van der Waals surface area contributed by atoms with E-state index in [1.54, 1.807) is 25.6 Å². The van der Waals surface area contributed by atoms with Crippen LogP contribution in [0.2, 0.25) is 0 Å². The Balaban J connectivity index is 1.98. The molecular weight excluding hydrogens is 270 g/mol. The van der Waals surface area contributed by atoms with Crippen molar-refractivity contribution in [3.63, 3.8) is 0 Å². The maximum atomic E-state index is 5.43. The van der Waals surface area contributed by atoms with Crippen LogP contribution in [0.15, 0.2) is 29.6 Å². The van der Waals surface area contributed by atoms with Crippen molar-refractivity contribution in [1.29, 1.82) is 0 Å². The Bertz CT molecular complexity index is 576. The van der Waals surface area contributed by atoms with Gasteiger partial charge >= 0.3 is 0 Å². The SMILES string of the molecule is COc1cc(CNC2CC2)c(-c2cccs2)cc1OC.